The van der Waals surface area contributed by atoms with Crippen LogP contribution in [0.4, 0.5) is 10.6 Å². The molecule has 142 valence electrons. The van der Waals surface area contributed by atoms with E-state index in [2.05, 4.69) is 35.9 Å². The van der Waals surface area contributed by atoms with Crippen molar-refractivity contribution in [3.8, 4) is 0 Å². The third-order valence-electron chi connectivity index (χ3n) is 6.51. The maximum absolute atomic E-state index is 12.5. The molecule has 3 heterocycles. The summed E-state index contributed by atoms with van der Waals surface area (Å²) in [5, 5.41) is 0. The van der Waals surface area contributed by atoms with Gasteiger partial charge in [-0.3, -0.25) is 4.90 Å². The van der Waals surface area contributed by atoms with Crippen molar-refractivity contribution in [3.05, 3.63) is 23.9 Å². The van der Waals surface area contributed by atoms with Gasteiger partial charge in [0.1, 0.15) is 11.4 Å². The van der Waals surface area contributed by atoms with E-state index in [1.54, 1.807) is 4.90 Å². The number of hydrogen-bond acceptors (Lipinski definition) is 4. The molecule has 3 aliphatic rings. The van der Waals surface area contributed by atoms with E-state index < -0.39 is 0 Å². The smallest absolute Gasteiger partial charge is 0.416 e. The Balaban J connectivity index is 1.47. The van der Waals surface area contributed by atoms with Crippen LogP contribution in [0.5, 0.6) is 0 Å². The van der Waals surface area contributed by atoms with Gasteiger partial charge in [0, 0.05) is 12.2 Å². The minimum absolute atomic E-state index is 0.217. The second kappa shape index (κ2) is 7.18. The Morgan fingerprint density at radius 1 is 1.19 bits per heavy atom. The first-order chi connectivity index (χ1) is 12.6. The summed E-state index contributed by atoms with van der Waals surface area (Å²) in [6, 6.07) is 4.87. The predicted octanol–water partition coefficient (Wildman–Crippen LogP) is 4.33. The first kappa shape index (κ1) is 17.8. The molecular formula is C21H31N3O2. The number of likely N-dealkylation sites (tertiary alicyclic amines) is 1. The van der Waals surface area contributed by atoms with Crippen LogP contribution in [0.2, 0.25) is 0 Å². The number of pyridine rings is 1. The van der Waals surface area contributed by atoms with Gasteiger partial charge in [0.2, 0.25) is 0 Å². The fraction of sp³-hybridized carbons (Fsp3) is 0.714. The molecule has 26 heavy (non-hydrogen) atoms. The Morgan fingerprint density at radius 3 is 2.62 bits per heavy atom. The lowest BCUT2D eigenvalue weighted by Gasteiger charge is -2.35. The van der Waals surface area contributed by atoms with E-state index in [9.17, 15) is 4.79 Å². The van der Waals surface area contributed by atoms with Crippen LogP contribution in [-0.2, 0) is 4.74 Å². The highest BCUT2D eigenvalue weighted by molar-refractivity contribution is 5.89. The Labute approximate surface area is 156 Å². The van der Waals surface area contributed by atoms with Crippen LogP contribution in [0, 0.1) is 0 Å². The number of piperidine rings is 1. The largest absolute Gasteiger partial charge is 0.441 e. The van der Waals surface area contributed by atoms with Crippen molar-refractivity contribution in [1.29, 1.82) is 0 Å². The summed E-state index contributed by atoms with van der Waals surface area (Å²) in [6.45, 7) is 7.49. The molecule has 1 saturated carbocycles. The van der Waals surface area contributed by atoms with Gasteiger partial charge in [-0.1, -0.05) is 6.42 Å². The molecule has 3 fully saturated rings. The van der Waals surface area contributed by atoms with Crippen LogP contribution in [-0.4, -0.2) is 47.3 Å². The second-order valence-corrected chi connectivity index (χ2v) is 8.55. The summed E-state index contributed by atoms with van der Waals surface area (Å²) >= 11 is 0. The molecule has 5 nitrogen and oxygen atoms in total. The molecule has 4 rings (SSSR count). The van der Waals surface area contributed by atoms with Gasteiger partial charge in [0.15, 0.2) is 0 Å². The average molecular weight is 357 g/mol. The summed E-state index contributed by atoms with van der Waals surface area (Å²) in [5.74, 6) is 1.33. The fourth-order valence-corrected chi connectivity index (χ4v) is 4.84. The van der Waals surface area contributed by atoms with Crippen molar-refractivity contribution in [1.82, 2.24) is 9.88 Å². The molecule has 1 amide bonds. The summed E-state index contributed by atoms with van der Waals surface area (Å²) < 4.78 is 5.82. The van der Waals surface area contributed by atoms with E-state index in [1.165, 1.54) is 24.8 Å². The fourth-order valence-electron chi connectivity index (χ4n) is 4.84. The van der Waals surface area contributed by atoms with Crippen molar-refractivity contribution in [2.75, 3.05) is 24.5 Å². The van der Waals surface area contributed by atoms with Gasteiger partial charge in [-0.15, -0.1) is 0 Å². The van der Waals surface area contributed by atoms with Gasteiger partial charge in [-0.05, 0) is 89.1 Å². The minimum atomic E-state index is -0.268. The molecule has 0 aromatic carbocycles. The van der Waals surface area contributed by atoms with Crippen LogP contribution in [0.3, 0.4) is 0 Å². The monoisotopic (exact) mass is 357 g/mol. The lowest BCUT2D eigenvalue weighted by Crippen LogP contribution is -2.38. The Hall–Kier alpha value is -1.62. The van der Waals surface area contributed by atoms with Crippen LogP contribution in [0.25, 0.3) is 0 Å². The third kappa shape index (κ3) is 3.46. The highest BCUT2D eigenvalue weighted by Gasteiger charge is 2.46. The lowest BCUT2D eigenvalue weighted by atomic mass is 9.85. The number of ether oxygens (including phenoxy) is 1. The number of rotatable bonds is 3. The van der Waals surface area contributed by atoms with E-state index in [4.69, 9.17) is 4.74 Å². The van der Waals surface area contributed by atoms with Crippen LogP contribution in [0.1, 0.15) is 70.3 Å². The zero-order chi connectivity index (χ0) is 18.1. The molecule has 1 aliphatic carbocycles. The molecule has 2 saturated heterocycles. The molecule has 0 bridgehead atoms. The highest BCUT2D eigenvalue weighted by Crippen LogP contribution is 2.39. The molecule has 1 aromatic heterocycles. The zero-order valence-corrected chi connectivity index (χ0v) is 16.1. The molecule has 1 spiro atoms. The van der Waals surface area contributed by atoms with Crippen LogP contribution in [0.15, 0.2) is 18.3 Å². The topological polar surface area (TPSA) is 45.7 Å². The van der Waals surface area contributed by atoms with Crippen molar-refractivity contribution in [2.24, 2.45) is 0 Å². The molecule has 5 heteroatoms. The van der Waals surface area contributed by atoms with E-state index in [0.717, 1.165) is 44.6 Å². The quantitative estimate of drug-likeness (QED) is 0.808. The van der Waals surface area contributed by atoms with Gasteiger partial charge in [-0.2, -0.15) is 0 Å². The van der Waals surface area contributed by atoms with Crippen molar-refractivity contribution in [3.63, 3.8) is 0 Å². The Bertz CT molecular complexity index is 646. The highest BCUT2D eigenvalue weighted by atomic mass is 16.6. The van der Waals surface area contributed by atoms with E-state index in [1.807, 2.05) is 6.20 Å². The number of hydrogen-bond donors (Lipinski definition) is 0. The molecule has 2 aliphatic heterocycles. The molecule has 0 radical (unpaired) electrons. The summed E-state index contributed by atoms with van der Waals surface area (Å²) in [5.41, 5.74) is 1.05. The SMILES string of the molecule is CC(C)N1CCC(c2ccnc(N3CC4(CCCCC4)OC3=O)c2)CC1. The number of amides is 1. The number of carbonyl (C=O) groups excluding carboxylic acids is 1. The normalized spacial score (nSPS) is 24.4. The standard InChI is InChI=1S/C21H31N3O2/c1-16(2)23-12-7-17(8-13-23)18-6-11-22-19(14-18)24-15-21(26-20(24)25)9-4-3-5-10-21/h6,11,14,16-17H,3-5,7-10,12-13,15H2,1-2H3. The predicted molar refractivity (Wildman–Crippen MR) is 103 cm³/mol. The number of carbonyl (C=O) groups is 1. The van der Waals surface area contributed by atoms with Crippen molar-refractivity contribution in [2.45, 2.75) is 76.4 Å². The lowest BCUT2D eigenvalue weighted by molar-refractivity contribution is 0.0260. The van der Waals surface area contributed by atoms with Gasteiger partial charge in [0.25, 0.3) is 0 Å². The maximum atomic E-state index is 12.5. The van der Waals surface area contributed by atoms with E-state index >= 15 is 0 Å². The van der Waals surface area contributed by atoms with Crippen molar-refractivity contribution < 1.29 is 9.53 Å². The van der Waals surface area contributed by atoms with Gasteiger partial charge in [-0.25, -0.2) is 9.78 Å². The summed E-state index contributed by atoms with van der Waals surface area (Å²) in [4.78, 5) is 21.3. The molecule has 1 aromatic rings. The van der Waals surface area contributed by atoms with Gasteiger partial charge < -0.3 is 9.64 Å². The minimum Gasteiger partial charge on any atom is -0.441 e. The molecule has 0 atom stereocenters. The number of nitrogens with zero attached hydrogens (tertiary/aromatic N) is 3. The molecular weight excluding hydrogens is 326 g/mol. The summed E-state index contributed by atoms with van der Waals surface area (Å²) in [6.07, 6.45) is 9.54. The Morgan fingerprint density at radius 2 is 1.92 bits per heavy atom. The first-order valence-corrected chi connectivity index (χ1v) is 10.3. The van der Waals surface area contributed by atoms with Crippen molar-refractivity contribution >= 4 is 11.9 Å². The second-order valence-electron chi connectivity index (χ2n) is 8.55. The number of anilines is 1. The first-order valence-electron chi connectivity index (χ1n) is 10.3. The van der Waals surface area contributed by atoms with Gasteiger partial charge in [0.05, 0.1) is 6.54 Å². The zero-order valence-electron chi connectivity index (χ0n) is 16.1. The van der Waals surface area contributed by atoms with Gasteiger partial charge >= 0.3 is 6.09 Å². The van der Waals surface area contributed by atoms with E-state index in [-0.39, 0.29) is 11.7 Å². The average Bonchev–Trinajstić information content (AvgIpc) is 2.98. The van der Waals surface area contributed by atoms with Crippen LogP contribution < -0.4 is 4.90 Å². The number of aromatic nitrogens is 1. The third-order valence-corrected chi connectivity index (χ3v) is 6.51. The summed E-state index contributed by atoms with van der Waals surface area (Å²) in [7, 11) is 0. The Kier molecular flexibility index (Phi) is 4.91. The van der Waals surface area contributed by atoms with Crippen LogP contribution >= 0.6 is 0 Å². The van der Waals surface area contributed by atoms with E-state index in [0.29, 0.717) is 18.5 Å². The molecule has 0 unspecified atom stereocenters. The maximum Gasteiger partial charge on any atom is 0.416 e. The molecule has 0 N–H and O–H groups in total.